The van der Waals surface area contributed by atoms with Crippen LogP contribution in [0.25, 0.3) is 0 Å². The van der Waals surface area contributed by atoms with Crippen LogP contribution in [0, 0.1) is 11.8 Å². The van der Waals surface area contributed by atoms with Crippen LogP contribution in [0.4, 0.5) is 0 Å². The van der Waals surface area contributed by atoms with Gasteiger partial charge in [-0.2, -0.15) is 0 Å². The molecule has 1 saturated carbocycles. The summed E-state index contributed by atoms with van der Waals surface area (Å²) in [6.45, 7) is 3.01. The highest BCUT2D eigenvalue weighted by molar-refractivity contribution is 5.92. The molecule has 102 valence electrons. The Morgan fingerprint density at radius 1 is 1.17 bits per heavy atom. The second-order valence-electron chi connectivity index (χ2n) is 5.31. The second kappa shape index (κ2) is 5.37. The highest BCUT2D eigenvalue weighted by Gasteiger charge is 2.38. The minimum Gasteiger partial charge on any atom is -0.481 e. The molecule has 6 heteroatoms. The Morgan fingerprint density at radius 2 is 1.67 bits per heavy atom. The molecule has 0 heterocycles. The quantitative estimate of drug-likeness (QED) is 0.670. The number of carbonyl (C=O) groups is 3. The SMILES string of the molecule is CC(C)(NC(=O)[C@@H]1CCCC[C@@H]1C(=O)O)C(N)=O. The predicted molar refractivity (Wildman–Crippen MR) is 64.5 cm³/mol. The van der Waals surface area contributed by atoms with Crippen LogP contribution in [0.15, 0.2) is 0 Å². The molecule has 0 unspecified atom stereocenters. The lowest BCUT2D eigenvalue weighted by molar-refractivity contribution is -0.149. The third-order valence-electron chi connectivity index (χ3n) is 3.47. The molecule has 0 aromatic carbocycles. The number of hydrogen-bond acceptors (Lipinski definition) is 3. The van der Waals surface area contributed by atoms with E-state index in [9.17, 15) is 14.4 Å². The largest absolute Gasteiger partial charge is 0.481 e. The van der Waals surface area contributed by atoms with Crippen LogP contribution in [0.5, 0.6) is 0 Å². The van der Waals surface area contributed by atoms with Gasteiger partial charge in [-0.05, 0) is 26.7 Å². The maximum absolute atomic E-state index is 12.1. The molecule has 1 aliphatic rings. The van der Waals surface area contributed by atoms with Crippen molar-refractivity contribution in [3.63, 3.8) is 0 Å². The third-order valence-corrected chi connectivity index (χ3v) is 3.47. The first-order valence-electron chi connectivity index (χ1n) is 6.10. The molecule has 2 amide bonds. The zero-order valence-electron chi connectivity index (χ0n) is 10.7. The molecule has 1 aliphatic carbocycles. The van der Waals surface area contributed by atoms with Crippen LogP contribution in [-0.4, -0.2) is 28.4 Å². The molecule has 0 aromatic rings. The van der Waals surface area contributed by atoms with E-state index in [1.54, 1.807) is 0 Å². The van der Waals surface area contributed by atoms with Gasteiger partial charge in [-0.15, -0.1) is 0 Å². The van der Waals surface area contributed by atoms with Crippen molar-refractivity contribution < 1.29 is 19.5 Å². The number of nitrogens with one attached hydrogen (secondary N) is 1. The number of amides is 2. The molecule has 0 saturated heterocycles. The number of aliphatic carboxylic acids is 1. The van der Waals surface area contributed by atoms with E-state index < -0.39 is 35.2 Å². The maximum Gasteiger partial charge on any atom is 0.307 e. The van der Waals surface area contributed by atoms with E-state index in [-0.39, 0.29) is 0 Å². The van der Waals surface area contributed by atoms with Crippen molar-refractivity contribution in [2.75, 3.05) is 0 Å². The maximum atomic E-state index is 12.1. The lowest BCUT2D eigenvalue weighted by Crippen LogP contribution is -2.55. The summed E-state index contributed by atoms with van der Waals surface area (Å²) < 4.78 is 0. The van der Waals surface area contributed by atoms with Gasteiger partial charge >= 0.3 is 5.97 Å². The van der Waals surface area contributed by atoms with E-state index in [0.29, 0.717) is 12.8 Å². The summed E-state index contributed by atoms with van der Waals surface area (Å²) in [4.78, 5) is 34.3. The summed E-state index contributed by atoms with van der Waals surface area (Å²) >= 11 is 0. The Bertz CT molecular complexity index is 365. The number of nitrogens with two attached hydrogens (primary N) is 1. The molecule has 0 radical (unpaired) electrons. The molecule has 18 heavy (non-hydrogen) atoms. The third kappa shape index (κ3) is 3.21. The molecule has 1 fully saturated rings. The summed E-state index contributed by atoms with van der Waals surface area (Å²) in [5.41, 5.74) is 4.02. The zero-order chi connectivity index (χ0) is 13.9. The van der Waals surface area contributed by atoms with Crippen LogP contribution in [0.1, 0.15) is 39.5 Å². The average molecular weight is 256 g/mol. The van der Waals surface area contributed by atoms with E-state index in [4.69, 9.17) is 10.8 Å². The normalized spacial score (nSPS) is 24.3. The van der Waals surface area contributed by atoms with Gasteiger partial charge in [0.2, 0.25) is 11.8 Å². The summed E-state index contributed by atoms with van der Waals surface area (Å²) in [5.74, 6) is -3.23. The number of rotatable bonds is 4. The first-order valence-corrected chi connectivity index (χ1v) is 6.10. The van der Waals surface area contributed by atoms with Gasteiger partial charge in [0.05, 0.1) is 11.8 Å². The molecule has 6 nitrogen and oxygen atoms in total. The van der Waals surface area contributed by atoms with Crippen molar-refractivity contribution in [2.45, 2.75) is 45.1 Å². The summed E-state index contributed by atoms with van der Waals surface area (Å²) in [6, 6.07) is 0. The Balaban J connectivity index is 2.75. The topological polar surface area (TPSA) is 109 Å². The second-order valence-corrected chi connectivity index (χ2v) is 5.31. The molecule has 2 atom stereocenters. The van der Waals surface area contributed by atoms with E-state index >= 15 is 0 Å². The fraction of sp³-hybridized carbons (Fsp3) is 0.750. The first-order chi connectivity index (χ1) is 8.25. The average Bonchev–Trinajstić information content (AvgIpc) is 2.28. The molecule has 0 aliphatic heterocycles. The Morgan fingerprint density at radius 3 is 2.11 bits per heavy atom. The molecular weight excluding hydrogens is 236 g/mol. The number of hydrogen-bond donors (Lipinski definition) is 3. The minimum absolute atomic E-state index is 0.397. The van der Waals surface area contributed by atoms with E-state index in [2.05, 4.69) is 5.32 Å². The number of carbonyl (C=O) groups excluding carboxylic acids is 2. The highest BCUT2D eigenvalue weighted by atomic mass is 16.4. The number of carboxylic acids is 1. The van der Waals surface area contributed by atoms with Crippen molar-refractivity contribution in [3.05, 3.63) is 0 Å². The Hall–Kier alpha value is -1.59. The van der Waals surface area contributed by atoms with Gasteiger partial charge in [0.1, 0.15) is 5.54 Å². The lowest BCUT2D eigenvalue weighted by atomic mass is 9.78. The van der Waals surface area contributed by atoms with Crippen LogP contribution >= 0.6 is 0 Å². The van der Waals surface area contributed by atoms with Crippen molar-refractivity contribution >= 4 is 17.8 Å². The number of primary amides is 1. The van der Waals surface area contributed by atoms with Crippen LogP contribution < -0.4 is 11.1 Å². The van der Waals surface area contributed by atoms with Gasteiger partial charge in [-0.3, -0.25) is 14.4 Å². The highest BCUT2D eigenvalue weighted by Crippen LogP contribution is 2.30. The van der Waals surface area contributed by atoms with Gasteiger partial charge in [0.25, 0.3) is 0 Å². The van der Waals surface area contributed by atoms with Crippen molar-refractivity contribution in [2.24, 2.45) is 17.6 Å². The molecule has 0 aromatic heterocycles. The fourth-order valence-electron chi connectivity index (χ4n) is 2.20. The van der Waals surface area contributed by atoms with E-state index in [1.807, 2.05) is 0 Å². The Kier molecular flexibility index (Phi) is 4.32. The van der Waals surface area contributed by atoms with Crippen molar-refractivity contribution in [1.82, 2.24) is 5.32 Å². The lowest BCUT2D eigenvalue weighted by Gasteiger charge is -2.31. The summed E-state index contributed by atoms with van der Waals surface area (Å²) in [7, 11) is 0. The van der Waals surface area contributed by atoms with E-state index in [1.165, 1.54) is 13.8 Å². The molecule has 4 N–H and O–H groups in total. The molecule has 0 spiro atoms. The van der Waals surface area contributed by atoms with Crippen LogP contribution in [0.3, 0.4) is 0 Å². The standard InChI is InChI=1S/C12H20N2O4/c1-12(2,11(13)18)14-9(15)7-5-3-4-6-8(7)10(16)17/h7-8H,3-6H2,1-2H3,(H2,13,18)(H,14,15)(H,16,17)/t7-,8+/m1/s1. The van der Waals surface area contributed by atoms with Gasteiger partial charge in [0, 0.05) is 0 Å². The first kappa shape index (κ1) is 14.5. The van der Waals surface area contributed by atoms with Gasteiger partial charge in [-0.25, -0.2) is 0 Å². The van der Waals surface area contributed by atoms with Crippen molar-refractivity contribution in [1.29, 1.82) is 0 Å². The molecule has 0 bridgehead atoms. The van der Waals surface area contributed by atoms with Gasteiger partial charge in [-0.1, -0.05) is 12.8 Å². The smallest absolute Gasteiger partial charge is 0.307 e. The summed E-state index contributed by atoms with van der Waals surface area (Å²) in [5, 5.41) is 11.6. The minimum atomic E-state index is -1.16. The summed E-state index contributed by atoms with van der Waals surface area (Å²) in [6.07, 6.45) is 2.70. The molecular formula is C12H20N2O4. The number of carboxylic acid groups (broad SMARTS) is 1. The van der Waals surface area contributed by atoms with Gasteiger partial charge in [0.15, 0.2) is 0 Å². The van der Waals surface area contributed by atoms with Crippen molar-refractivity contribution in [3.8, 4) is 0 Å². The van der Waals surface area contributed by atoms with Crippen LogP contribution in [-0.2, 0) is 14.4 Å². The van der Waals surface area contributed by atoms with Crippen LogP contribution in [0.2, 0.25) is 0 Å². The Labute approximate surface area is 106 Å². The molecule has 1 rings (SSSR count). The predicted octanol–water partition coefficient (Wildman–Crippen LogP) is 0.258. The van der Waals surface area contributed by atoms with Gasteiger partial charge < -0.3 is 16.2 Å². The zero-order valence-corrected chi connectivity index (χ0v) is 10.7. The van der Waals surface area contributed by atoms with E-state index in [0.717, 1.165) is 12.8 Å². The monoisotopic (exact) mass is 256 g/mol. The fourth-order valence-corrected chi connectivity index (χ4v) is 2.20.